The second-order valence-corrected chi connectivity index (χ2v) is 8.93. The number of amides is 1. The fraction of sp³-hybridized carbons (Fsp3) is 0.611. The number of rotatable bonds is 6. The Bertz CT molecular complexity index is 678. The van der Waals surface area contributed by atoms with Crippen LogP contribution in [0.15, 0.2) is 24.3 Å². The van der Waals surface area contributed by atoms with Crippen molar-refractivity contribution < 1.29 is 13.2 Å². The van der Waals surface area contributed by atoms with Crippen LogP contribution in [0.1, 0.15) is 43.9 Å². The number of piperidine rings is 1. The van der Waals surface area contributed by atoms with Crippen molar-refractivity contribution in [2.24, 2.45) is 5.92 Å². The second kappa shape index (κ2) is 8.29. The summed E-state index contributed by atoms with van der Waals surface area (Å²) in [6.07, 6.45) is 2.11. The Morgan fingerprint density at radius 3 is 2.28 bits per heavy atom. The summed E-state index contributed by atoms with van der Waals surface area (Å²) in [6, 6.07) is 8.22. The van der Waals surface area contributed by atoms with Crippen molar-refractivity contribution in [3.63, 3.8) is 0 Å². The van der Waals surface area contributed by atoms with E-state index in [9.17, 15) is 13.2 Å². The zero-order valence-corrected chi connectivity index (χ0v) is 16.3. The molecule has 1 saturated heterocycles. The van der Waals surface area contributed by atoms with Crippen LogP contribution in [0.25, 0.3) is 0 Å². The quantitative estimate of drug-likeness (QED) is 0.835. The Labute approximate surface area is 151 Å². The lowest BCUT2D eigenvalue weighted by Crippen LogP contribution is -2.47. The normalized spacial score (nSPS) is 18.3. The number of nitrogens with zero attached hydrogens (tertiary/aromatic N) is 2. The first-order valence-corrected chi connectivity index (χ1v) is 10.2. The molecule has 0 aromatic heterocycles. The van der Waals surface area contributed by atoms with Crippen LogP contribution in [-0.4, -0.2) is 50.1 Å². The molecule has 0 saturated carbocycles. The first kappa shape index (κ1) is 19.9. The summed E-state index contributed by atoms with van der Waals surface area (Å²) in [7, 11) is -0.332. The summed E-state index contributed by atoms with van der Waals surface area (Å²) in [5.74, 6) is -0.125. The highest BCUT2D eigenvalue weighted by molar-refractivity contribution is 7.86. The van der Waals surface area contributed by atoms with Crippen LogP contribution in [-0.2, 0) is 21.4 Å². The highest BCUT2D eigenvalue weighted by Gasteiger charge is 2.32. The molecule has 1 atom stereocenters. The zero-order valence-electron chi connectivity index (χ0n) is 15.5. The molecule has 0 unspecified atom stereocenters. The van der Waals surface area contributed by atoms with Gasteiger partial charge in [-0.25, -0.2) is 0 Å². The predicted molar refractivity (Wildman–Crippen MR) is 99.3 cm³/mol. The van der Waals surface area contributed by atoms with Gasteiger partial charge < -0.3 is 5.32 Å². The van der Waals surface area contributed by atoms with E-state index in [1.54, 1.807) is 0 Å². The summed E-state index contributed by atoms with van der Waals surface area (Å²) >= 11 is 0. The van der Waals surface area contributed by atoms with E-state index >= 15 is 0 Å². The van der Waals surface area contributed by atoms with Gasteiger partial charge in [-0.2, -0.15) is 17.0 Å². The van der Waals surface area contributed by atoms with Crippen LogP contribution in [0.3, 0.4) is 0 Å². The molecule has 0 aliphatic carbocycles. The fourth-order valence-electron chi connectivity index (χ4n) is 3.04. The molecule has 1 aliphatic rings. The summed E-state index contributed by atoms with van der Waals surface area (Å²) in [4.78, 5) is 12.5. The number of hydrogen-bond donors (Lipinski definition) is 1. The van der Waals surface area contributed by atoms with Gasteiger partial charge in [0.15, 0.2) is 0 Å². The Kier molecular flexibility index (Phi) is 6.59. The van der Waals surface area contributed by atoms with E-state index in [0.717, 1.165) is 12.0 Å². The second-order valence-electron chi connectivity index (χ2n) is 6.79. The van der Waals surface area contributed by atoms with Crippen LogP contribution in [0, 0.1) is 5.92 Å². The molecular formula is C18H29N3O3S. The Morgan fingerprint density at radius 1 is 1.24 bits per heavy atom. The molecule has 0 spiro atoms. The van der Waals surface area contributed by atoms with Crippen molar-refractivity contribution >= 4 is 16.1 Å². The fourth-order valence-corrected chi connectivity index (χ4v) is 4.17. The van der Waals surface area contributed by atoms with E-state index in [1.165, 1.54) is 28.3 Å². The minimum Gasteiger partial charge on any atom is -0.349 e. The molecule has 25 heavy (non-hydrogen) atoms. The number of aryl methyl sites for hydroxylation is 1. The maximum Gasteiger partial charge on any atom is 0.281 e. The molecule has 2 rings (SSSR count). The maximum atomic E-state index is 12.5. The number of benzene rings is 1. The molecule has 0 radical (unpaired) electrons. The molecule has 1 heterocycles. The largest absolute Gasteiger partial charge is 0.349 e. The molecule has 1 aromatic rings. The number of carbonyl (C=O) groups is 1. The number of nitrogens with one attached hydrogen (secondary N) is 1. The summed E-state index contributed by atoms with van der Waals surface area (Å²) in [5, 5.41) is 3.06. The highest BCUT2D eigenvalue weighted by atomic mass is 32.2. The Balaban J connectivity index is 1.89. The molecule has 140 valence electrons. The van der Waals surface area contributed by atoms with Crippen LogP contribution >= 0.6 is 0 Å². The lowest BCUT2D eigenvalue weighted by Gasteiger charge is -2.32. The minimum atomic E-state index is -3.39. The van der Waals surface area contributed by atoms with E-state index in [1.807, 2.05) is 6.92 Å². The molecule has 1 aliphatic heterocycles. The third-order valence-electron chi connectivity index (χ3n) is 4.86. The van der Waals surface area contributed by atoms with Gasteiger partial charge in [0, 0.05) is 33.1 Å². The van der Waals surface area contributed by atoms with Gasteiger partial charge in [0.25, 0.3) is 10.2 Å². The summed E-state index contributed by atoms with van der Waals surface area (Å²) in [5.41, 5.74) is 2.36. The molecule has 0 bridgehead atoms. The van der Waals surface area contributed by atoms with E-state index in [2.05, 4.69) is 36.5 Å². The van der Waals surface area contributed by atoms with Gasteiger partial charge in [0.2, 0.25) is 5.91 Å². The standard InChI is InChI=1S/C18H29N3O3S/c1-5-15-6-8-16(9-7-15)14(2)19-18(22)17-10-12-21(13-11-17)25(23,24)20(3)4/h6-9,14,17H,5,10-13H2,1-4H3,(H,19,22)/t14-/m1/s1. The Morgan fingerprint density at radius 2 is 1.80 bits per heavy atom. The monoisotopic (exact) mass is 367 g/mol. The zero-order chi connectivity index (χ0) is 18.6. The molecular weight excluding hydrogens is 338 g/mol. The third-order valence-corrected chi connectivity index (χ3v) is 6.80. The van der Waals surface area contributed by atoms with Crippen molar-refractivity contribution in [1.82, 2.24) is 13.9 Å². The van der Waals surface area contributed by atoms with E-state index in [4.69, 9.17) is 0 Å². The topological polar surface area (TPSA) is 69.7 Å². The van der Waals surface area contributed by atoms with Gasteiger partial charge in [-0.3, -0.25) is 4.79 Å². The minimum absolute atomic E-state index is 0.00830. The van der Waals surface area contributed by atoms with Crippen molar-refractivity contribution in [3.8, 4) is 0 Å². The molecule has 1 N–H and O–H groups in total. The highest BCUT2D eigenvalue weighted by Crippen LogP contribution is 2.22. The van der Waals surface area contributed by atoms with Gasteiger partial charge in [0.05, 0.1) is 6.04 Å². The predicted octanol–water partition coefficient (Wildman–Crippen LogP) is 1.94. The Hall–Kier alpha value is -1.44. The van der Waals surface area contributed by atoms with Crippen molar-refractivity contribution in [1.29, 1.82) is 0 Å². The molecule has 1 fully saturated rings. The van der Waals surface area contributed by atoms with Crippen LogP contribution < -0.4 is 5.32 Å². The lowest BCUT2D eigenvalue weighted by molar-refractivity contribution is -0.126. The van der Waals surface area contributed by atoms with Crippen LogP contribution in [0.2, 0.25) is 0 Å². The van der Waals surface area contributed by atoms with E-state index in [-0.39, 0.29) is 17.9 Å². The van der Waals surface area contributed by atoms with Gasteiger partial charge in [-0.1, -0.05) is 31.2 Å². The lowest BCUT2D eigenvalue weighted by atomic mass is 9.96. The third kappa shape index (κ3) is 4.80. The SMILES string of the molecule is CCc1ccc([C@@H](C)NC(=O)C2CCN(S(=O)(=O)N(C)C)CC2)cc1. The molecule has 7 heteroatoms. The van der Waals surface area contributed by atoms with Crippen molar-refractivity contribution in [3.05, 3.63) is 35.4 Å². The average molecular weight is 368 g/mol. The van der Waals surface area contributed by atoms with Crippen LogP contribution in [0.5, 0.6) is 0 Å². The van der Waals surface area contributed by atoms with E-state index < -0.39 is 10.2 Å². The average Bonchev–Trinajstić information content (AvgIpc) is 2.61. The van der Waals surface area contributed by atoms with Gasteiger partial charge in [-0.05, 0) is 37.3 Å². The number of carbonyl (C=O) groups excluding carboxylic acids is 1. The summed E-state index contributed by atoms with van der Waals surface area (Å²) in [6.45, 7) is 4.86. The van der Waals surface area contributed by atoms with E-state index in [0.29, 0.717) is 25.9 Å². The molecule has 6 nitrogen and oxygen atoms in total. The molecule has 1 aromatic carbocycles. The summed E-state index contributed by atoms with van der Waals surface area (Å²) < 4.78 is 26.9. The van der Waals surface area contributed by atoms with Crippen molar-refractivity contribution in [2.75, 3.05) is 27.2 Å². The van der Waals surface area contributed by atoms with Crippen molar-refractivity contribution in [2.45, 2.75) is 39.2 Å². The van der Waals surface area contributed by atoms with Crippen LogP contribution in [0.4, 0.5) is 0 Å². The first-order valence-electron chi connectivity index (χ1n) is 8.82. The van der Waals surface area contributed by atoms with Gasteiger partial charge in [0.1, 0.15) is 0 Å². The molecule has 1 amide bonds. The van der Waals surface area contributed by atoms with Gasteiger partial charge >= 0.3 is 0 Å². The maximum absolute atomic E-state index is 12.5. The number of hydrogen-bond acceptors (Lipinski definition) is 3. The smallest absolute Gasteiger partial charge is 0.281 e. The first-order chi connectivity index (χ1) is 11.8. The van der Waals surface area contributed by atoms with Gasteiger partial charge in [-0.15, -0.1) is 0 Å².